The highest BCUT2D eigenvalue weighted by molar-refractivity contribution is 7.99. The van der Waals surface area contributed by atoms with Crippen LogP contribution >= 0.6 is 11.8 Å². The molecule has 1 N–H and O–H groups in total. The van der Waals surface area contributed by atoms with E-state index < -0.39 is 0 Å². The summed E-state index contributed by atoms with van der Waals surface area (Å²) >= 11 is 1.53. The molecule has 1 aliphatic heterocycles. The fraction of sp³-hybridized carbons (Fsp3) is 0.300. The van der Waals surface area contributed by atoms with Crippen molar-refractivity contribution >= 4 is 28.4 Å². The van der Waals surface area contributed by atoms with Crippen LogP contribution in [0.4, 0.5) is 5.69 Å². The number of nitriles is 2. The van der Waals surface area contributed by atoms with E-state index in [0.29, 0.717) is 11.1 Å². The molecule has 0 amide bonds. The van der Waals surface area contributed by atoms with Crippen LogP contribution in [0.5, 0.6) is 0 Å². The monoisotopic (exact) mass is 508 g/mol. The molecule has 1 aliphatic rings. The molecule has 4 aromatic rings. The van der Waals surface area contributed by atoms with Gasteiger partial charge in [0, 0.05) is 60.1 Å². The number of H-pyrrole nitrogens is 1. The molecule has 6 nitrogen and oxygen atoms in total. The highest BCUT2D eigenvalue weighted by Crippen LogP contribution is 2.30. The van der Waals surface area contributed by atoms with Crippen molar-refractivity contribution in [3.05, 3.63) is 83.7 Å². The summed E-state index contributed by atoms with van der Waals surface area (Å²) in [6.45, 7) is 9.23. The summed E-state index contributed by atoms with van der Waals surface area (Å²) in [5, 5.41) is 20.4. The maximum Gasteiger partial charge on any atom is 0.119 e. The standard InChI is InChI=1S/C28H26N6S.C2H6/c29-18-21-5-10-27-26(17-21)23(20-32-27)4-2-12-33-13-15-34(16-14-33)24-6-8-25(9-7-24)35-28-22(19-30)3-1-11-31-28;1-2/h1,3,5-11,17,20,32H,2,4,12-16H2;1-2H3. The lowest BCUT2D eigenvalue weighted by Gasteiger charge is -2.36. The Bertz CT molecular complexity index is 1390. The smallest absolute Gasteiger partial charge is 0.119 e. The number of hydrogen-bond acceptors (Lipinski definition) is 6. The number of piperazine rings is 1. The van der Waals surface area contributed by atoms with Gasteiger partial charge in [0.25, 0.3) is 0 Å². The van der Waals surface area contributed by atoms with Gasteiger partial charge >= 0.3 is 0 Å². The summed E-state index contributed by atoms with van der Waals surface area (Å²) in [4.78, 5) is 13.7. The normalized spacial score (nSPS) is 13.5. The van der Waals surface area contributed by atoms with Crippen molar-refractivity contribution < 1.29 is 0 Å². The van der Waals surface area contributed by atoms with E-state index in [9.17, 15) is 10.5 Å². The summed E-state index contributed by atoms with van der Waals surface area (Å²) in [5.74, 6) is 0. The molecule has 5 rings (SSSR count). The Kier molecular flexibility index (Phi) is 9.21. The number of nitrogens with zero attached hydrogens (tertiary/aromatic N) is 5. The quantitative estimate of drug-likeness (QED) is 0.318. The van der Waals surface area contributed by atoms with Crippen molar-refractivity contribution in [1.82, 2.24) is 14.9 Å². The number of aromatic nitrogens is 2. The predicted molar refractivity (Wildman–Crippen MR) is 151 cm³/mol. The van der Waals surface area contributed by atoms with Gasteiger partial charge in [-0.3, -0.25) is 4.90 Å². The third-order valence-corrected chi connectivity index (χ3v) is 7.52. The maximum absolute atomic E-state index is 9.27. The SMILES string of the molecule is CC.N#Cc1ccc2[nH]cc(CCCN3CCN(c4ccc(Sc5ncccc5C#N)cc4)CC3)c2c1. The zero-order chi connectivity index (χ0) is 26.0. The number of benzene rings is 2. The summed E-state index contributed by atoms with van der Waals surface area (Å²) in [7, 11) is 0. The van der Waals surface area contributed by atoms with Gasteiger partial charge in [-0.2, -0.15) is 10.5 Å². The van der Waals surface area contributed by atoms with Crippen molar-refractivity contribution in [1.29, 1.82) is 10.5 Å². The number of hydrogen-bond donors (Lipinski definition) is 1. The van der Waals surface area contributed by atoms with Crippen LogP contribution in [0.25, 0.3) is 10.9 Å². The van der Waals surface area contributed by atoms with Crippen LogP contribution in [-0.4, -0.2) is 47.6 Å². The number of aromatic amines is 1. The fourth-order valence-electron chi connectivity index (χ4n) is 4.57. The van der Waals surface area contributed by atoms with Crippen LogP contribution in [0.3, 0.4) is 0 Å². The highest BCUT2D eigenvalue weighted by Gasteiger charge is 2.17. The van der Waals surface area contributed by atoms with Crippen LogP contribution in [-0.2, 0) is 6.42 Å². The molecule has 0 saturated carbocycles. The minimum Gasteiger partial charge on any atom is -0.369 e. The number of fused-ring (bicyclic) bond motifs is 1. The van der Waals surface area contributed by atoms with Crippen molar-refractivity contribution in [3.8, 4) is 12.1 Å². The second-order valence-electron chi connectivity index (χ2n) is 8.68. The van der Waals surface area contributed by atoms with E-state index in [-0.39, 0.29) is 0 Å². The molecule has 0 spiro atoms. The average Bonchev–Trinajstić information content (AvgIpc) is 3.37. The number of aryl methyl sites for hydroxylation is 1. The molecular formula is C30H32N6S. The van der Waals surface area contributed by atoms with E-state index in [4.69, 9.17) is 0 Å². The molecule has 1 saturated heterocycles. The fourth-order valence-corrected chi connectivity index (χ4v) is 5.40. The molecule has 0 radical (unpaired) electrons. The summed E-state index contributed by atoms with van der Waals surface area (Å²) < 4.78 is 0. The van der Waals surface area contributed by atoms with E-state index in [1.54, 1.807) is 18.3 Å². The number of anilines is 1. The first-order valence-electron chi connectivity index (χ1n) is 12.8. The topological polar surface area (TPSA) is 82.7 Å². The Balaban J connectivity index is 0.00000156. The van der Waals surface area contributed by atoms with Crippen LogP contribution in [0.1, 0.15) is 37.0 Å². The average molecular weight is 509 g/mol. The molecule has 1 fully saturated rings. The highest BCUT2D eigenvalue weighted by atomic mass is 32.2. The first-order chi connectivity index (χ1) is 18.2. The second-order valence-corrected chi connectivity index (χ2v) is 9.74. The molecule has 0 unspecified atom stereocenters. The molecule has 3 heterocycles. The van der Waals surface area contributed by atoms with Crippen molar-refractivity contribution in [2.75, 3.05) is 37.6 Å². The Hall–Kier alpha value is -3.78. The molecule has 37 heavy (non-hydrogen) atoms. The van der Waals surface area contributed by atoms with Crippen LogP contribution < -0.4 is 4.90 Å². The Morgan fingerprint density at radius 3 is 2.49 bits per heavy atom. The van der Waals surface area contributed by atoms with Gasteiger partial charge in [-0.05, 0) is 79.5 Å². The Morgan fingerprint density at radius 2 is 1.76 bits per heavy atom. The molecule has 7 heteroatoms. The van der Waals surface area contributed by atoms with E-state index in [1.165, 1.54) is 28.4 Å². The Morgan fingerprint density at radius 1 is 0.973 bits per heavy atom. The minimum atomic E-state index is 0.606. The van der Waals surface area contributed by atoms with E-state index in [0.717, 1.165) is 61.0 Å². The summed E-state index contributed by atoms with van der Waals surface area (Å²) in [6, 6.07) is 22.4. The van der Waals surface area contributed by atoms with Gasteiger partial charge in [0.05, 0.1) is 17.2 Å². The lowest BCUT2D eigenvalue weighted by molar-refractivity contribution is 0.255. The minimum absolute atomic E-state index is 0.606. The molecule has 2 aromatic carbocycles. The molecule has 0 bridgehead atoms. The maximum atomic E-state index is 9.27. The largest absolute Gasteiger partial charge is 0.369 e. The summed E-state index contributed by atoms with van der Waals surface area (Å²) in [5.41, 5.74) is 4.95. The van der Waals surface area contributed by atoms with Crippen molar-refractivity contribution in [2.24, 2.45) is 0 Å². The van der Waals surface area contributed by atoms with Gasteiger partial charge in [-0.1, -0.05) is 25.6 Å². The van der Waals surface area contributed by atoms with Crippen LogP contribution in [0.2, 0.25) is 0 Å². The number of rotatable bonds is 7. The third kappa shape index (κ3) is 6.51. The van der Waals surface area contributed by atoms with E-state index >= 15 is 0 Å². The first kappa shape index (κ1) is 26.3. The van der Waals surface area contributed by atoms with Crippen molar-refractivity contribution in [3.63, 3.8) is 0 Å². The third-order valence-electron chi connectivity index (χ3n) is 6.50. The van der Waals surface area contributed by atoms with Crippen molar-refractivity contribution in [2.45, 2.75) is 36.6 Å². The number of nitrogens with one attached hydrogen (secondary N) is 1. The van der Waals surface area contributed by atoms with Gasteiger partial charge in [0.1, 0.15) is 11.1 Å². The van der Waals surface area contributed by atoms with Crippen LogP contribution in [0, 0.1) is 22.7 Å². The predicted octanol–water partition coefficient (Wildman–Crippen LogP) is 6.24. The molecule has 0 aliphatic carbocycles. The van der Waals surface area contributed by atoms with E-state index in [2.05, 4.69) is 62.4 Å². The van der Waals surface area contributed by atoms with Crippen LogP contribution in [0.15, 0.2) is 76.9 Å². The zero-order valence-electron chi connectivity index (χ0n) is 21.4. The van der Waals surface area contributed by atoms with Gasteiger partial charge < -0.3 is 9.88 Å². The van der Waals surface area contributed by atoms with E-state index in [1.807, 2.05) is 32.0 Å². The molecular weight excluding hydrogens is 476 g/mol. The molecule has 0 atom stereocenters. The van der Waals surface area contributed by atoms with Gasteiger partial charge in [0.2, 0.25) is 0 Å². The second kappa shape index (κ2) is 13.0. The zero-order valence-corrected chi connectivity index (χ0v) is 22.3. The van der Waals surface area contributed by atoms with Gasteiger partial charge in [0.15, 0.2) is 0 Å². The number of pyridine rings is 1. The first-order valence-corrected chi connectivity index (χ1v) is 13.7. The lowest BCUT2D eigenvalue weighted by atomic mass is 10.1. The molecule has 2 aromatic heterocycles. The Labute approximate surface area is 223 Å². The molecule has 188 valence electrons. The van der Waals surface area contributed by atoms with Gasteiger partial charge in [-0.15, -0.1) is 0 Å². The summed E-state index contributed by atoms with van der Waals surface area (Å²) in [6.07, 6.45) is 5.93. The van der Waals surface area contributed by atoms with Gasteiger partial charge in [-0.25, -0.2) is 4.98 Å². The lowest BCUT2D eigenvalue weighted by Crippen LogP contribution is -2.46.